The molecule has 2 aromatic rings. The molecule has 0 amide bonds. The van der Waals surface area contributed by atoms with Crippen LogP contribution in [0.5, 0.6) is 0 Å². The lowest BCUT2D eigenvalue weighted by Gasteiger charge is -2.10. The van der Waals surface area contributed by atoms with E-state index in [1.54, 1.807) is 6.20 Å². The van der Waals surface area contributed by atoms with E-state index in [0.29, 0.717) is 16.9 Å². The normalized spacial score (nSPS) is 11.1. The van der Waals surface area contributed by atoms with E-state index in [1.165, 1.54) is 0 Å². The maximum absolute atomic E-state index is 6.22. The zero-order chi connectivity index (χ0) is 14.0. The molecule has 0 saturated heterocycles. The van der Waals surface area contributed by atoms with Crippen LogP contribution in [-0.2, 0) is 6.42 Å². The van der Waals surface area contributed by atoms with Crippen LogP contribution in [0.2, 0.25) is 5.15 Å². The van der Waals surface area contributed by atoms with E-state index in [1.807, 2.05) is 19.1 Å². The molecular weight excluding hydrogens is 373 g/mol. The Hall–Kier alpha value is -0.750. The van der Waals surface area contributed by atoms with E-state index in [0.717, 1.165) is 26.9 Å². The number of aryl methyl sites for hydroxylation is 1. The Morgan fingerprint density at radius 3 is 2.68 bits per heavy atom. The topological polar surface area (TPSA) is 38.7 Å². The lowest BCUT2D eigenvalue weighted by Crippen LogP contribution is -2.05. The fourth-order valence-electron chi connectivity index (χ4n) is 1.81. The second kappa shape index (κ2) is 6.13. The van der Waals surface area contributed by atoms with E-state index in [-0.39, 0.29) is 0 Å². The standard InChI is InChI=1S/C14H15ClIN3/c1-8(2)7-10-11(16)13(15)19-14(18-10)12-9(3)5-4-6-17-12/h4-6,8H,7H2,1-3H3. The Morgan fingerprint density at radius 2 is 2.05 bits per heavy atom. The molecule has 0 atom stereocenters. The highest BCUT2D eigenvalue weighted by Crippen LogP contribution is 2.25. The second-order valence-corrected chi connectivity index (χ2v) is 6.30. The molecule has 0 radical (unpaired) electrons. The van der Waals surface area contributed by atoms with Crippen molar-refractivity contribution in [3.8, 4) is 11.5 Å². The van der Waals surface area contributed by atoms with Crippen molar-refractivity contribution in [2.75, 3.05) is 0 Å². The molecule has 0 bridgehead atoms. The van der Waals surface area contributed by atoms with Gasteiger partial charge in [-0.05, 0) is 53.5 Å². The van der Waals surface area contributed by atoms with Crippen molar-refractivity contribution >= 4 is 34.2 Å². The van der Waals surface area contributed by atoms with Crippen LogP contribution in [0.15, 0.2) is 18.3 Å². The number of pyridine rings is 1. The van der Waals surface area contributed by atoms with Gasteiger partial charge in [-0.25, -0.2) is 9.97 Å². The molecule has 0 N–H and O–H groups in total. The third-order valence-corrected chi connectivity index (χ3v) is 4.43. The lowest BCUT2D eigenvalue weighted by molar-refractivity contribution is 0.632. The van der Waals surface area contributed by atoms with E-state index >= 15 is 0 Å². The van der Waals surface area contributed by atoms with Crippen LogP contribution in [0, 0.1) is 16.4 Å². The minimum atomic E-state index is 0.506. The first-order valence-electron chi connectivity index (χ1n) is 6.13. The minimum absolute atomic E-state index is 0.506. The Bertz CT molecular complexity index is 599. The van der Waals surface area contributed by atoms with Crippen molar-refractivity contribution in [1.29, 1.82) is 0 Å². The predicted molar refractivity (Wildman–Crippen MR) is 86.3 cm³/mol. The van der Waals surface area contributed by atoms with Gasteiger partial charge in [0, 0.05) is 6.20 Å². The molecule has 0 unspecified atom stereocenters. The first-order chi connectivity index (χ1) is 8.99. The van der Waals surface area contributed by atoms with Gasteiger partial charge in [0.05, 0.1) is 9.26 Å². The van der Waals surface area contributed by atoms with Crippen LogP contribution in [0.25, 0.3) is 11.5 Å². The van der Waals surface area contributed by atoms with Gasteiger partial charge < -0.3 is 0 Å². The fraction of sp³-hybridized carbons (Fsp3) is 0.357. The highest BCUT2D eigenvalue weighted by Gasteiger charge is 2.14. The largest absolute Gasteiger partial charge is 0.253 e. The van der Waals surface area contributed by atoms with Gasteiger partial charge >= 0.3 is 0 Å². The SMILES string of the molecule is Cc1cccnc1-c1nc(Cl)c(I)c(CC(C)C)n1. The molecule has 0 aliphatic rings. The molecule has 5 heteroatoms. The summed E-state index contributed by atoms with van der Waals surface area (Å²) >= 11 is 8.42. The molecule has 0 aliphatic carbocycles. The molecule has 2 aromatic heterocycles. The van der Waals surface area contributed by atoms with Crippen molar-refractivity contribution in [1.82, 2.24) is 15.0 Å². The van der Waals surface area contributed by atoms with Crippen LogP contribution in [0.3, 0.4) is 0 Å². The Kier molecular flexibility index (Phi) is 4.73. The third-order valence-electron chi connectivity index (χ3n) is 2.70. The zero-order valence-electron chi connectivity index (χ0n) is 11.1. The molecule has 0 spiro atoms. The van der Waals surface area contributed by atoms with E-state index in [9.17, 15) is 0 Å². The van der Waals surface area contributed by atoms with Crippen molar-refractivity contribution in [2.45, 2.75) is 27.2 Å². The Labute approximate surface area is 132 Å². The van der Waals surface area contributed by atoms with E-state index in [2.05, 4.69) is 51.4 Å². The quantitative estimate of drug-likeness (QED) is 0.582. The average molecular weight is 388 g/mol. The number of halogens is 2. The summed E-state index contributed by atoms with van der Waals surface area (Å²) in [5, 5.41) is 0.506. The molecule has 19 heavy (non-hydrogen) atoms. The zero-order valence-corrected chi connectivity index (χ0v) is 14.0. The smallest absolute Gasteiger partial charge is 0.180 e. The minimum Gasteiger partial charge on any atom is -0.253 e. The van der Waals surface area contributed by atoms with Crippen LogP contribution in [0.4, 0.5) is 0 Å². The van der Waals surface area contributed by atoms with Crippen molar-refractivity contribution in [2.24, 2.45) is 5.92 Å². The summed E-state index contributed by atoms with van der Waals surface area (Å²) < 4.78 is 0.935. The molecule has 0 fully saturated rings. The second-order valence-electron chi connectivity index (χ2n) is 4.87. The molecular formula is C14H15ClIN3. The maximum Gasteiger partial charge on any atom is 0.180 e. The van der Waals surface area contributed by atoms with Gasteiger partial charge in [-0.3, -0.25) is 4.98 Å². The number of nitrogens with zero attached hydrogens (tertiary/aromatic N) is 3. The first-order valence-corrected chi connectivity index (χ1v) is 7.58. The Balaban J connectivity index is 2.54. The van der Waals surface area contributed by atoms with Crippen LogP contribution in [0.1, 0.15) is 25.1 Å². The van der Waals surface area contributed by atoms with Gasteiger partial charge in [-0.1, -0.05) is 31.5 Å². The highest BCUT2D eigenvalue weighted by molar-refractivity contribution is 14.1. The summed E-state index contributed by atoms with van der Waals surface area (Å²) in [6, 6.07) is 3.90. The molecule has 0 aliphatic heterocycles. The summed E-state index contributed by atoms with van der Waals surface area (Å²) in [5.74, 6) is 1.14. The van der Waals surface area contributed by atoms with Gasteiger partial charge in [-0.2, -0.15) is 0 Å². The Morgan fingerprint density at radius 1 is 1.32 bits per heavy atom. The number of rotatable bonds is 3. The monoisotopic (exact) mass is 387 g/mol. The number of hydrogen-bond donors (Lipinski definition) is 0. The highest BCUT2D eigenvalue weighted by atomic mass is 127. The molecule has 0 saturated carbocycles. The number of aromatic nitrogens is 3. The molecule has 3 nitrogen and oxygen atoms in total. The maximum atomic E-state index is 6.22. The number of hydrogen-bond acceptors (Lipinski definition) is 3. The summed E-state index contributed by atoms with van der Waals surface area (Å²) in [6.07, 6.45) is 2.64. The van der Waals surface area contributed by atoms with E-state index in [4.69, 9.17) is 11.6 Å². The lowest BCUT2D eigenvalue weighted by atomic mass is 10.1. The van der Waals surface area contributed by atoms with Gasteiger partial charge in [0.1, 0.15) is 10.8 Å². The average Bonchev–Trinajstić information content (AvgIpc) is 2.35. The van der Waals surface area contributed by atoms with E-state index < -0.39 is 0 Å². The summed E-state index contributed by atoms with van der Waals surface area (Å²) in [4.78, 5) is 13.3. The van der Waals surface area contributed by atoms with Crippen molar-refractivity contribution < 1.29 is 0 Å². The van der Waals surface area contributed by atoms with Gasteiger partial charge in [-0.15, -0.1) is 0 Å². The van der Waals surface area contributed by atoms with Crippen LogP contribution in [-0.4, -0.2) is 15.0 Å². The van der Waals surface area contributed by atoms with Gasteiger partial charge in [0.15, 0.2) is 5.82 Å². The summed E-state index contributed by atoms with van der Waals surface area (Å²) in [5.41, 5.74) is 2.84. The van der Waals surface area contributed by atoms with Crippen LogP contribution >= 0.6 is 34.2 Å². The van der Waals surface area contributed by atoms with Crippen molar-refractivity contribution in [3.05, 3.63) is 38.3 Å². The molecule has 2 heterocycles. The fourth-order valence-corrected chi connectivity index (χ4v) is 2.46. The van der Waals surface area contributed by atoms with Gasteiger partial charge in [0.25, 0.3) is 0 Å². The van der Waals surface area contributed by atoms with Gasteiger partial charge in [0.2, 0.25) is 0 Å². The summed E-state index contributed by atoms with van der Waals surface area (Å²) in [6.45, 7) is 6.33. The molecule has 2 rings (SSSR count). The molecule has 100 valence electrons. The van der Waals surface area contributed by atoms with Crippen LogP contribution < -0.4 is 0 Å². The summed E-state index contributed by atoms with van der Waals surface area (Å²) in [7, 11) is 0. The first kappa shape index (κ1) is 14.7. The van der Waals surface area contributed by atoms with Crippen molar-refractivity contribution in [3.63, 3.8) is 0 Å². The molecule has 0 aromatic carbocycles. The predicted octanol–water partition coefficient (Wildman–Crippen LogP) is 4.30. The third kappa shape index (κ3) is 3.42.